The van der Waals surface area contributed by atoms with E-state index in [-0.39, 0.29) is 5.91 Å². The van der Waals surface area contributed by atoms with Crippen molar-refractivity contribution in [2.45, 2.75) is 58.2 Å². The number of nitrogens with zero attached hydrogens (tertiary/aromatic N) is 4. The van der Waals surface area contributed by atoms with E-state index < -0.39 is 0 Å². The number of carbonyl (C=O) groups is 1. The zero-order chi connectivity index (χ0) is 16.9. The third-order valence-corrected chi connectivity index (χ3v) is 5.41. The summed E-state index contributed by atoms with van der Waals surface area (Å²) in [6.45, 7) is 10.0. The van der Waals surface area contributed by atoms with Gasteiger partial charge in [0.1, 0.15) is 0 Å². The van der Waals surface area contributed by atoms with Crippen molar-refractivity contribution >= 4 is 5.91 Å². The number of carbonyl (C=O) groups excluding carboxylic acids is 1. The summed E-state index contributed by atoms with van der Waals surface area (Å²) in [4.78, 5) is 17.2. The summed E-state index contributed by atoms with van der Waals surface area (Å²) >= 11 is 0. The van der Waals surface area contributed by atoms with Gasteiger partial charge >= 0.3 is 0 Å². The highest BCUT2D eigenvalue weighted by Gasteiger charge is 2.28. The Bertz CT molecular complexity index is 535. The van der Waals surface area contributed by atoms with Gasteiger partial charge in [-0.25, -0.2) is 0 Å². The minimum Gasteiger partial charge on any atom is -0.352 e. The minimum absolute atomic E-state index is 0.188. The van der Waals surface area contributed by atoms with Gasteiger partial charge in [-0.2, -0.15) is 5.10 Å². The second-order valence-corrected chi connectivity index (χ2v) is 7.28. The first kappa shape index (κ1) is 17.4. The highest BCUT2D eigenvalue weighted by molar-refractivity contribution is 5.78. The van der Waals surface area contributed by atoms with Crippen molar-refractivity contribution in [2.75, 3.05) is 32.7 Å². The monoisotopic (exact) mass is 333 g/mol. The van der Waals surface area contributed by atoms with Crippen LogP contribution in [0.15, 0.2) is 12.4 Å². The maximum Gasteiger partial charge on any atom is 0.234 e. The van der Waals surface area contributed by atoms with Gasteiger partial charge in [0, 0.05) is 31.4 Å². The van der Waals surface area contributed by atoms with Crippen molar-refractivity contribution in [1.82, 2.24) is 24.9 Å². The molecule has 1 N–H and O–H groups in total. The van der Waals surface area contributed by atoms with E-state index in [9.17, 15) is 4.79 Å². The van der Waals surface area contributed by atoms with Crippen molar-refractivity contribution in [3.63, 3.8) is 0 Å². The number of piperidine rings is 1. The van der Waals surface area contributed by atoms with Gasteiger partial charge in [0.25, 0.3) is 0 Å². The van der Waals surface area contributed by atoms with Crippen LogP contribution in [0.4, 0.5) is 0 Å². The van der Waals surface area contributed by atoms with Crippen LogP contribution in [0.1, 0.15) is 38.2 Å². The van der Waals surface area contributed by atoms with Crippen LogP contribution in [-0.4, -0.2) is 70.3 Å². The Morgan fingerprint density at radius 3 is 2.75 bits per heavy atom. The Labute approximate surface area is 145 Å². The molecule has 134 valence electrons. The second-order valence-electron chi connectivity index (χ2n) is 7.28. The van der Waals surface area contributed by atoms with E-state index >= 15 is 0 Å². The standard InChI is InChI=1S/C18H31N5O/c1-3-21-9-6-16(7-10-21)20-18(24)14-22-8-4-5-17(22)13-23-12-15(2)11-19-23/h11-12,16-17H,3-10,13-14H2,1-2H3,(H,20,24)/t17-/m0/s1. The molecule has 1 atom stereocenters. The van der Waals surface area contributed by atoms with Crippen molar-refractivity contribution in [1.29, 1.82) is 0 Å². The third-order valence-electron chi connectivity index (χ3n) is 5.41. The smallest absolute Gasteiger partial charge is 0.234 e. The number of rotatable bonds is 6. The molecule has 6 heteroatoms. The molecular weight excluding hydrogens is 302 g/mol. The largest absolute Gasteiger partial charge is 0.352 e. The molecule has 0 bridgehead atoms. The summed E-state index contributed by atoms with van der Waals surface area (Å²) in [6, 6.07) is 0.784. The summed E-state index contributed by atoms with van der Waals surface area (Å²) in [5.74, 6) is 0.188. The van der Waals surface area contributed by atoms with Gasteiger partial charge < -0.3 is 10.2 Å². The molecular formula is C18H31N5O. The fourth-order valence-electron chi connectivity index (χ4n) is 3.94. The van der Waals surface area contributed by atoms with Gasteiger partial charge in [-0.05, 0) is 51.3 Å². The molecule has 3 heterocycles. The number of hydrogen-bond donors (Lipinski definition) is 1. The number of aromatic nitrogens is 2. The molecule has 0 aromatic carbocycles. The molecule has 0 unspecified atom stereocenters. The van der Waals surface area contributed by atoms with E-state index in [4.69, 9.17) is 0 Å². The quantitative estimate of drug-likeness (QED) is 0.851. The lowest BCUT2D eigenvalue weighted by atomic mass is 10.1. The Morgan fingerprint density at radius 2 is 2.08 bits per heavy atom. The first-order valence-electron chi connectivity index (χ1n) is 9.39. The highest BCUT2D eigenvalue weighted by atomic mass is 16.2. The molecule has 2 fully saturated rings. The zero-order valence-electron chi connectivity index (χ0n) is 15.1. The summed E-state index contributed by atoms with van der Waals surface area (Å²) < 4.78 is 2.01. The molecule has 2 aliphatic rings. The van der Waals surface area contributed by atoms with Crippen LogP contribution in [-0.2, 0) is 11.3 Å². The molecule has 1 amide bonds. The molecule has 1 aromatic rings. The summed E-state index contributed by atoms with van der Waals surface area (Å²) in [6.07, 6.45) is 8.46. The van der Waals surface area contributed by atoms with Crippen LogP contribution in [0, 0.1) is 6.92 Å². The fourth-order valence-corrected chi connectivity index (χ4v) is 3.94. The van der Waals surface area contributed by atoms with Crippen LogP contribution in [0.5, 0.6) is 0 Å². The van der Waals surface area contributed by atoms with E-state index in [1.807, 2.05) is 10.9 Å². The SMILES string of the molecule is CCN1CCC(NC(=O)CN2CCC[C@H]2Cn2cc(C)cn2)CC1. The first-order valence-corrected chi connectivity index (χ1v) is 9.39. The molecule has 0 saturated carbocycles. The van der Waals surface area contributed by atoms with Gasteiger partial charge in [0.2, 0.25) is 5.91 Å². The average molecular weight is 333 g/mol. The number of aryl methyl sites for hydroxylation is 1. The van der Waals surface area contributed by atoms with Crippen molar-refractivity contribution in [2.24, 2.45) is 0 Å². The van der Waals surface area contributed by atoms with Crippen molar-refractivity contribution in [3.8, 4) is 0 Å². The predicted octanol–water partition coefficient (Wildman–Crippen LogP) is 1.26. The minimum atomic E-state index is 0.188. The Morgan fingerprint density at radius 1 is 1.29 bits per heavy atom. The summed E-state index contributed by atoms with van der Waals surface area (Å²) in [7, 11) is 0. The van der Waals surface area contributed by atoms with Gasteiger partial charge in [-0.3, -0.25) is 14.4 Å². The highest BCUT2D eigenvalue weighted by Crippen LogP contribution is 2.18. The van der Waals surface area contributed by atoms with Crippen molar-refractivity contribution in [3.05, 3.63) is 18.0 Å². The van der Waals surface area contributed by atoms with E-state index in [0.717, 1.165) is 52.0 Å². The second kappa shape index (κ2) is 8.12. The van der Waals surface area contributed by atoms with Gasteiger partial charge in [0.05, 0.1) is 19.3 Å². The molecule has 2 aliphatic heterocycles. The molecule has 6 nitrogen and oxygen atoms in total. The van der Waals surface area contributed by atoms with E-state index in [2.05, 4.69) is 40.3 Å². The summed E-state index contributed by atoms with van der Waals surface area (Å²) in [5.41, 5.74) is 1.19. The molecule has 1 aromatic heterocycles. The van der Waals surface area contributed by atoms with E-state index in [1.165, 1.54) is 12.0 Å². The van der Waals surface area contributed by atoms with Crippen LogP contribution < -0.4 is 5.32 Å². The lowest BCUT2D eigenvalue weighted by molar-refractivity contribution is -0.123. The topological polar surface area (TPSA) is 53.4 Å². The zero-order valence-corrected chi connectivity index (χ0v) is 15.1. The fraction of sp³-hybridized carbons (Fsp3) is 0.778. The number of amides is 1. The molecule has 2 saturated heterocycles. The first-order chi connectivity index (χ1) is 11.6. The van der Waals surface area contributed by atoms with Gasteiger partial charge in [-0.1, -0.05) is 6.92 Å². The normalized spacial score (nSPS) is 23.7. The third kappa shape index (κ3) is 4.57. The maximum absolute atomic E-state index is 12.4. The Hall–Kier alpha value is -1.40. The van der Waals surface area contributed by atoms with E-state index in [1.54, 1.807) is 0 Å². The maximum atomic E-state index is 12.4. The molecule has 0 spiro atoms. The van der Waals surface area contributed by atoms with Gasteiger partial charge in [0.15, 0.2) is 0 Å². The van der Waals surface area contributed by atoms with Crippen LogP contribution >= 0.6 is 0 Å². The lowest BCUT2D eigenvalue weighted by Gasteiger charge is -2.32. The van der Waals surface area contributed by atoms with Crippen molar-refractivity contribution < 1.29 is 4.79 Å². The Kier molecular flexibility index (Phi) is 5.89. The van der Waals surface area contributed by atoms with Crippen LogP contribution in [0.25, 0.3) is 0 Å². The van der Waals surface area contributed by atoms with E-state index in [0.29, 0.717) is 18.6 Å². The molecule has 0 radical (unpaired) electrons. The predicted molar refractivity (Wildman–Crippen MR) is 94.8 cm³/mol. The van der Waals surface area contributed by atoms with Crippen LogP contribution in [0.2, 0.25) is 0 Å². The number of hydrogen-bond acceptors (Lipinski definition) is 4. The summed E-state index contributed by atoms with van der Waals surface area (Å²) in [5, 5.41) is 7.64. The molecule has 0 aliphatic carbocycles. The molecule has 3 rings (SSSR count). The van der Waals surface area contributed by atoms with Gasteiger partial charge in [-0.15, -0.1) is 0 Å². The number of likely N-dealkylation sites (tertiary alicyclic amines) is 2. The van der Waals surface area contributed by atoms with Crippen LogP contribution in [0.3, 0.4) is 0 Å². The Balaban J connectivity index is 1.45. The average Bonchev–Trinajstić information content (AvgIpc) is 3.18. The lowest BCUT2D eigenvalue weighted by Crippen LogP contribution is -2.48. The molecule has 24 heavy (non-hydrogen) atoms. The number of nitrogens with one attached hydrogen (secondary N) is 1.